The fraction of sp³-hybridized carbons (Fsp3) is 0.231. The maximum Gasteiger partial charge on any atom is 0.287 e. The molecule has 0 atom stereocenters. The van der Waals surface area contributed by atoms with E-state index < -0.39 is 18.3 Å². The Morgan fingerprint density at radius 1 is 1.44 bits per heavy atom. The Kier molecular flexibility index (Phi) is 6.65. The highest BCUT2D eigenvalue weighted by Crippen LogP contribution is 2.21. The molecule has 1 aromatic heterocycles. The first kappa shape index (κ1) is 18.6. The Morgan fingerprint density at radius 3 is 2.92 bits per heavy atom. The third-order valence-corrected chi connectivity index (χ3v) is 3.35. The molecular weight excluding hydrogens is 405 g/mol. The highest BCUT2D eigenvalue weighted by atomic mass is 79.9. The lowest BCUT2D eigenvalue weighted by molar-refractivity contribution is -0.123. The second kappa shape index (κ2) is 8.94. The highest BCUT2D eigenvalue weighted by molar-refractivity contribution is 9.10. The zero-order chi connectivity index (χ0) is 18.2. The number of carbonyl (C=O) groups is 1. The number of hydrogen-bond acceptors (Lipinski definition) is 8. The molecule has 1 aromatic carbocycles. The molecule has 0 unspecified atom stereocenters. The van der Waals surface area contributed by atoms with Gasteiger partial charge in [-0.15, -0.1) is 0 Å². The van der Waals surface area contributed by atoms with Crippen molar-refractivity contribution in [3.8, 4) is 5.88 Å². The number of carbonyl (C=O) groups excluding carboxylic acids is 1. The first-order chi connectivity index (χ1) is 12.0. The van der Waals surface area contributed by atoms with Crippen LogP contribution in [0.15, 0.2) is 32.5 Å². The zero-order valence-corrected chi connectivity index (χ0v) is 14.2. The molecule has 0 saturated carbocycles. The van der Waals surface area contributed by atoms with Gasteiger partial charge in [0.05, 0.1) is 11.1 Å². The lowest BCUT2D eigenvalue weighted by Crippen LogP contribution is -2.31. The molecule has 0 radical (unpaired) electrons. The van der Waals surface area contributed by atoms with Crippen molar-refractivity contribution in [3.63, 3.8) is 0 Å². The molecule has 25 heavy (non-hydrogen) atoms. The molecule has 134 valence electrons. The van der Waals surface area contributed by atoms with Crippen molar-refractivity contribution < 1.29 is 28.9 Å². The van der Waals surface area contributed by atoms with Crippen molar-refractivity contribution in [2.24, 2.45) is 5.16 Å². The number of aliphatic hydroxyl groups excluding tert-OH is 1. The third-order valence-electron chi connectivity index (χ3n) is 2.74. The molecule has 4 N–H and O–H groups in total. The largest absolute Gasteiger partial charge is 0.464 e. The summed E-state index contributed by atoms with van der Waals surface area (Å²) in [7, 11) is 0. The topological polar surface area (TPSA) is 142 Å². The Hall–Kier alpha value is -2.73. The predicted molar refractivity (Wildman–Crippen MR) is 85.9 cm³/mol. The van der Waals surface area contributed by atoms with Gasteiger partial charge < -0.3 is 25.7 Å². The van der Waals surface area contributed by atoms with E-state index in [-0.39, 0.29) is 35.0 Å². The number of benzene rings is 1. The van der Waals surface area contributed by atoms with Gasteiger partial charge in [0.25, 0.3) is 11.8 Å². The summed E-state index contributed by atoms with van der Waals surface area (Å²) in [5.41, 5.74) is 0.286. The minimum absolute atomic E-state index is 0.0798. The number of oxime groups is 1. The standard InChI is InChI=1S/C13H13BrFN5O5/c14-8-5-7(1-2-9(8)15)17-12(18-23)11-13(20-25-19-11)24-6-10(22)16-3-4-21/h1-2,5,21,23H,3-4,6H2,(H,16,22)(H,17,18). The van der Waals surface area contributed by atoms with Crippen LogP contribution < -0.4 is 15.4 Å². The monoisotopic (exact) mass is 417 g/mol. The van der Waals surface area contributed by atoms with Gasteiger partial charge in [-0.3, -0.25) is 4.79 Å². The SMILES string of the molecule is O=C(COc1nonc1/C(=N/O)Nc1ccc(F)c(Br)c1)NCCO. The quantitative estimate of drug-likeness (QED) is 0.223. The van der Waals surface area contributed by atoms with E-state index >= 15 is 0 Å². The van der Waals surface area contributed by atoms with Gasteiger partial charge >= 0.3 is 0 Å². The molecule has 10 nitrogen and oxygen atoms in total. The summed E-state index contributed by atoms with van der Waals surface area (Å²) in [4.78, 5) is 11.4. The average Bonchev–Trinajstić information content (AvgIpc) is 3.07. The average molecular weight is 418 g/mol. The maximum atomic E-state index is 13.3. The van der Waals surface area contributed by atoms with Crippen LogP contribution in [0.1, 0.15) is 5.69 Å². The van der Waals surface area contributed by atoms with Crippen molar-refractivity contribution in [3.05, 3.63) is 34.2 Å². The summed E-state index contributed by atoms with van der Waals surface area (Å²) in [6, 6.07) is 4.02. The number of hydrogen-bond donors (Lipinski definition) is 4. The van der Waals surface area contributed by atoms with Crippen LogP contribution in [0.4, 0.5) is 10.1 Å². The third kappa shape index (κ3) is 5.12. The van der Waals surface area contributed by atoms with Crippen molar-refractivity contribution in [2.45, 2.75) is 0 Å². The lowest BCUT2D eigenvalue weighted by Gasteiger charge is -2.08. The summed E-state index contributed by atoms with van der Waals surface area (Å²) in [5.74, 6) is -1.35. The molecule has 0 spiro atoms. The minimum Gasteiger partial charge on any atom is -0.464 e. The van der Waals surface area contributed by atoms with Gasteiger partial charge in [-0.2, -0.15) is 0 Å². The predicted octanol–water partition coefficient (Wildman–Crippen LogP) is 0.706. The zero-order valence-electron chi connectivity index (χ0n) is 12.6. The number of amides is 1. The van der Waals surface area contributed by atoms with Crippen LogP contribution in [0.5, 0.6) is 5.88 Å². The molecule has 0 aliphatic heterocycles. The molecular formula is C13H13BrFN5O5. The summed E-state index contributed by atoms with van der Waals surface area (Å²) >= 11 is 3.03. The van der Waals surface area contributed by atoms with E-state index in [1.807, 2.05) is 0 Å². The number of ether oxygens (including phenoxy) is 1. The van der Waals surface area contributed by atoms with Gasteiger partial charge in [-0.25, -0.2) is 9.02 Å². The van der Waals surface area contributed by atoms with Crippen molar-refractivity contribution in [2.75, 3.05) is 25.1 Å². The van der Waals surface area contributed by atoms with Crippen LogP contribution in [0.3, 0.4) is 0 Å². The van der Waals surface area contributed by atoms with Crippen molar-refractivity contribution in [1.29, 1.82) is 0 Å². The number of aromatic nitrogens is 2. The number of halogens is 2. The van der Waals surface area contributed by atoms with E-state index in [0.29, 0.717) is 5.69 Å². The number of rotatable bonds is 7. The first-order valence-corrected chi connectivity index (χ1v) is 7.62. The minimum atomic E-state index is -0.499. The summed E-state index contributed by atoms with van der Waals surface area (Å²) in [6.07, 6.45) is 0. The second-order valence-corrected chi connectivity index (χ2v) is 5.34. The first-order valence-electron chi connectivity index (χ1n) is 6.82. The van der Waals surface area contributed by atoms with Gasteiger partial charge in [-0.1, -0.05) is 5.16 Å². The number of anilines is 1. The Labute approximate surface area is 148 Å². The van der Waals surface area contributed by atoms with E-state index in [0.717, 1.165) is 0 Å². The van der Waals surface area contributed by atoms with Gasteiger partial charge in [0, 0.05) is 12.2 Å². The van der Waals surface area contributed by atoms with Crippen LogP contribution >= 0.6 is 15.9 Å². The lowest BCUT2D eigenvalue weighted by atomic mass is 10.3. The van der Waals surface area contributed by atoms with E-state index in [2.05, 4.69) is 46.7 Å². The molecule has 1 amide bonds. The van der Waals surface area contributed by atoms with E-state index in [1.165, 1.54) is 18.2 Å². The summed E-state index contributed by atoms with van der Waals surface area (Å²) in [6.45, 7) is -0.542. The van der Waals surface area contributed by atoms with Gasteiger partial charge in [0.2, 0.25) is 11.5 Å². The Bertz CT molecular complexity index is 769. The van der Waals surface area contributed by atoms with Crippen LogP contribution in [0.2, 0.25) is 0 Å². The van der Waals surface area contributed by atoms with Crippen LogP contribution in [-0.4, -0.2) is 52.1 Å². The molecule has 2 aromatic rings. The molecule has 0 fully saturated rings. The van der Waals surface area contributed by atoms with E-state index in [1.54, 1.807) is 0 Å². The van der Waals surface area contributed by atoms with Crippen LogP contribution in [0.25, 0.3) is 0 Å². The Morgan fingerprint density at radius 2 is 2.24 bits per heavy atom. The van der Waals surface area contributed by atoms with E-state index in [4.69, 9.17) is 15.1 Å². The van der Waals surface area contributed by atoms with Crippen LogP contribution in [0, 0.1) is 5.82 Å². The fourth-order valence-electron chi connectivity index (χ4n) is 1.64. The normalized spacial score (nSPS) is 11.2. The van der Waals surface area contributed by atoms with Gasteiger partial charge in [0.1, 0.15) is 5.82 Å². The maximum absolute atomic E-state index is 13.3. The number of aliphatic hydroxyl groups is 1. The number of amidine groups is 1. The molecule has 0 bridgehead atoms. The molecule has 0 saturated heterocycles. The highest BCUT2D eigenvalue weighted by Gasteiger charge is 2.20. The number of nitrogens with one attached hydrogen (secondary N) is 2. The summed E-state index contributed by atoms with van der Waals surface area (Å²) < 4.78 is 23.1. The fourth-order valence-corrected chi connectivity index (χ4v) is 2.02. The molecule has 12 heteroatoms. The molecule has 0 aliphatic rings. The van der Waals surface area contributed by atoms with Gasteiger partial charge in [-0.05, 0) is 44.4 Å². The van der Waals surface area contributed by atoms with Crippen LogP contribution in [-0.2, 0) is 4.79 Å². The molecule has 1 heterocycles. The van der Waals surface area contributed by atoms with Crippen molar-refractivity contribution >= 4 is 33.4 Å². The Balaban J connectivity index is 2.07. The molecule has 0 aliphatic carbocycles. The summed E-state index contributed by atoms with van der Waals surface area (Å²) in [5, 5.41) is 32.9. The van der Waals surface area contributed by atoms with Crippen molar-refractivity contribution in [1.82, 2.24) is 15.6 Å². The number of nitrogens with zero attached hydrogens (tertiary/aromatic N) is 3. The second-order valence-electron chi connectivity index (χ2n) is 4.48. The molecule has 2 rings (SSSR count). The van der Waals surface area contributed by atoms with E-state index in [9.17, 15) is 9.18 Å². The van der Waals surface area contributed by atoms with Gasteiger partial charge in [0.15, 0.2) is 6.61 Å². The smallest absolute Gasteiger partial charge is 0.287 e.